The maximum Gasteiger partial charge on any atom is 0.150 e. The molecule has 5 heteroatoms. The maximum absolute atomic E-state index is 6.33. The fourth-order valence-corrected chi connectivity index (χ4v) is 2.78. The second-order valence-corrected chi connectivity index (χ2v) is 5.21. The van der Waals surface area contributed by atoms with Crippen molar-refractivity contribution in [3.05, 3.63) is 72.5 Å². The van der Waals surface area contributed by atoms with Crippen LogP contribution in [0.15, 0.2) is 67.4 Å². The summed E-state index contributed by atoms with van der Waals surface area (Å²) in [6, 6.07) is 14.0. The van der Waals surface area contributed by atoms with Crippen molar-refractivity contribution in [2.24, 2.45) is 0 Å². The molecule has 0 fully saturated rings. The van der Waals surface area contributed by atoms with E-state index in [0.29, 0.717) is 5.15 Å². The smallest absolute Gasteiger partial charge is 0.150 e. The van der Waals surface area contributed by atoms with Gasteiger partial charge in [0, 0.05) is 18.0 Å². The van der Waals surface area contributed by atoms with Crippen LogP contribution in [0.25, 0.3) is 27.8 Å². The molecule has 22 heavy (non-hydrogen) atoms. The first-order valence-corrected chi connectivity index (χ1v) is 7.20. The summed E-state index contributed by atoms with van der Waals surface area (Å²) in [7, 11) is 0. The van der Waals surface area contributed by atoms with Gasteiger partial charge in [0.15, 0.2) is 0 Å². The minimum atomic E-state index is 0.450. The highest BCUT2D eigenvalue weighted by Gasteiger charge is 2.16. The van der Waals surface area contributed by atoms with E-state index in [1.54, 1.807) is 12.4 Å². The Morgan fingerprint density at radius 1 is 0.955 bits per heavy atom. The summed E-state index contributed by atoms with van der Waals surface area (Å²) in [5.74, 6) is 0. The topological polar surface area (TPSA) is 43.6 Å². The van der Waals surface area contributed by atoms with E-state index in [4.69, 9.17) is 11.6 Å². The van der Waals surface area contributed by atoms with Crippen LogP contribution in [-0.4, -0.2) is 19.5 Å². The average Bonchev–Trinajstić information content (AvgIpc) is 2.98. The number of nitrogens with zero attached hydrogens (tertiary/aromatic N) is 4. The zero-order valence-electron chi connectivity index (χ0n) is 11.5. The molecule has 0 aliphatic rings. The maximum atomic E-state index is 6.33. The molecule has 0 spiro atoms. The number of hydrogen-bond donors (Lipinski definition) is 0. The van der Waals surface area contributed by atoms with Gasteiger partial charge < -0.3 is 0 Å². The normalized spacial score (nSPS) is 11.0. The molecule has 0 atom stereocenters. The van der Waals surface area contributed by atoms with Crippen LogP contribution in [-0.2, 0) is 0 Å². The molecule has 0 bridgehead atoms. The SMILES string of the molecule is Clc1ncnc2c1c(-c1ccccc1)cn2-c1cccnc1. The summed E-state index contributed by atoms with van der Waals surface area (Å²) in [5, 5.41) is 1.30. The first-order valence-electron chi connectivity index (χ1n) is 6.82. The lowest BCUT2D eigenvalue weighted by Gasteiger charge is -2.02. The molecule has 3 heterocycles. The zero-order chi connectivity index (χ0) is 14.9. The predicted molar refractivity (Wildman–Crippen MR) is 87.1 cm³/mol. The molecule has 0 amide bonds. The Morgan fingerprint density at radius 3 is 2.59 bits per heavy atom. The first kappa shape index (κ1) is 13.0. The largest absolute Gasteiger partial charge is 0.299 e. The molecule has 1 aromatic carbocycles. The number of halogens is 1. The highest BCUT2D eigenvalue weighted by atomic mass is 35.5. The van der Waals surface area contributed by atoms with Crippen LogP contribution < -0.4 is 0 Å². The minimum absolute atomic E-state index is 0.450. The predicted octanol–water partition coefficient (Wildman–Crippen LogP) is 4.14. The fraction of sp³-hybridized carbons (Fsp3) is 0. The Hall–Kier alpha value is -2.72. The highest BCUT2D eigenvalue weighted by Crippen LogP contribution is 2.34. The van der Waals surface area contributed by atoms with Gasteiger partial charge in [0.2, 0.25) is 0 Å². The van der Waals surface area contributed by atoms with Crippen molar-refractivity contribution < 1.29 is 0 Å². The Labute approximate surface area is 132 Å². The third kappa shape index (κ3) is 2.05. The van der Waals surface area contributed by atoms with Crippen molar-refractivity contribution >= 4 is 22.6 Å². The van der Waals surface area contributed by atoms with Gasteiger partial charge >= 0.3 is 0 Å². The molecule has 4 nitrogen and oxygen atoms in total. The van der Waals surface area contributed by atoms with E-state index in [0.717, 1.165) is 27.8 Å². The fourth-order valence-electron chi connectivity index (χ4n) is 2.55. The van der Waals surface area contributed by atoms with Crippen LogP contribution in [0.1, 0.15) is 0 Å². The monoisotopic (exact) mass is 306 g/mol. The molecule has 3 aromatic heterocycles. The van der Waals surface area contributed by atoms with Gasteiger partial charge in [-0.05, 0) is 17.7 Å². The van der Waals surface area contributed by atoms with Crippen LogP contribution >= 0.6 is 11.6 Å². The zero-order valence-corrected chi connectivity index (χ0v) is 12.3. The van der Waals surface area contributed by atoms with Crippen LogP contribution in [0, 0.1) is 0 Å². The molecule has 4 aromatic rings. The van der Waals surface area contributed by atoms with E-state index < -0.39 is 0 Å². The lowest BCUT2D eigenvalue weighted by atomic mass is 10.1. The molecule has 0 aliphatic carbocycles. The Morgan fingerprint density at radius 2 is 1.82 bits per heavy atom. The van der Waals surface area contributed by atoms with Crippen LogP contribution in [0.4, 0.5) is 0 Å². The number of pyridine rings is 1. The van der Waals surface area contributed by atoms with E-state index >= 15 is 0 Å². The second kappa shape index (κ2) is 5.24. The summed E-state index contributed by atoms with van der Waals surface area (Å²) in [4.78, 5) is 12.7. The summed E-state index contributed by atoms with van der Waals surface area (Å²) in [6.45, 7) is 0. The van der Waals surface area contributed by atoms with E-state index in [2.05, 4.69) is 15.0 Å². The summed E-state index contributed by atoms with van der Waals surface area (Å²) in [5.41, 5.74) is 3.79. The van der Waals surface area contributed by atoms with Crippen molar-refractivity contribution in [2.45, 2.75) is 0 Å². The number of aromatic nitrogens is 4. The van der Waals surface area contributed by atoms with Gasteiger partial charge in [-0.3, -0.25) is 9.55 Å². The van der Waals surface area contributed by atoms with Gasteiger partial charge in [0.1, 0.15) is 17.1 Å². The standard InChI is InChI=1S/C17H11ClN4/c18-16-15-14(12-5-2-1-3-6-12)10-22(17(15)21-11-20-16)13-7-4-8-19-9-13/h1-11H. The third-order valence-corrected chi connectivity index (χ3v) is 3.83. The number of hydrogen-bond acceptors (Lipinski definition) is 3. The molecule has 0 saturated carbocycles. The number of fused-ring (bicyclic) bond motifs is 1. The van der Waals surface area contributed by atoms with Gasteiger partial charge in [-0.15, -0.1) is 0 Å². The Bertz CT molecular complexity index is 933. The molecule has 4 rings (SSSR count). The number of rotatable bonds is 2. The van der Waals surface area contributed by atoms with E-state index in [1.165, 1.54) is 6.33 Å². The van der Waals surface area contributed by atoms with Crippen molar-refractivity contribution in [3.63, 3.8) is 0 Å². The highest BCUT2D eigenvalue weighted by molar-refractivity contribution is 6.35. The molecule has 0 radical (unpaired) electrons. The number of benzene rings is 1. The summed E-state index contributed by atoms with van der Waals surface area (Å²) < 4.78 is 1.98. The van der Waals surface area contributed by atoms with Crippen molar-refractivity contribution in [2.75, 3.05) is 0 Å². The van der Waals surface area contributed by atoms with E-state index in [1.807, 2.05) is 53.2 Å². The van der Waals surface area contributed by atoms with Crippen molar-refractivity contribution in [1.29, 1.82) is 0 Å². The quantitative estimate of drug-likeness (QED) is 0.523. The van der Waals surface area contributed by atoms with E-state index in [9.17, 15) is 0 Å². The van der Waals surface area contributed by atoms with Gasteiger partial charge in [-0.25, -0.2) is 9.97 Å². The molecular weight excluding hydrogens is 296 g/mol. The molecule has 0 N–H and O–H groups in total. The molecule has 106 valence electrons. The van der Waals surface area contributed by atoms with Gasteiger partial charge in [0.05, 0.1) is 17.3 Å². The summed E-state index contributed by atoms with van der Waals surface area (Å²) >= 11 is 6.33. The summed E-state index contributed by atoms with van der Waals surface area (Å²) in [6.07, 6.45) is 7.05. The Balaban J connectivity index is 2.07. The molecular formula is C17H11ClN4. The third-order valence-electron chi connectivity index (χ3n) is 3.55. The van der Waals surface area contributed by atoms with Crippen molar-refractivity contribution in [1.82, 2.24) is 19.5 Å². The van der Waals surface area contributed by atoms with E-state index in [-0.39, 0.29) is 0 Å². The minimum Gasteiger partial charge on any atom is -0.299 e. The lowest BCUT2D eigenvalue weighted by Crippen LogP contribution is -1.94. The first-order chi connectivity index (χ1) is 10.8. The Kier molecular flexibility index (Phi) is 3.09. The van der Waals surface area contributed by atoms with Crippen LogP contribution in [0.3, 0.4) is 0 Å². The lowest BCUT2D eigenvalue weighted by molar-refractivity contribution is 1.06. The molecule has 0 aliphatic heterocycles. The molecule has 0 unspecified atom stereocenters. The van der Waals surface area contributed by atoms with Gasteiger partial charge in [0.25, 0.3) is 0 Å². The molecule has 0 saturated heterocycles. The van der Waals surface area contributed by atoms with Crippen molar-refractivity contribution in [3.8, 4) is 16.8 Å². The van der Waals surface area contributed by atoms with Crippen LogP contribution in [0.5, 0.6) is 0 Å². The average molecular weight is 307 g/mol. The van der Waals surface area contributed by atoms with Gasteiger partial charge in [-0.1, -0.05) is 41.9 Å². The van der Waals surface area contributed by atoms with Gasteiger partial charge in [-0.2, -0.15) is 0 Å². The second-order valence-electron chi connectivity index (χ2n) is 4.85. The van der Waals surface area contributed by atoms with Crippen LogP contribution in [0.2, 0.25) is 5.15 Å².